The normalized spacial score (nSPS) is 22.0. The van der Waals surface area contributed by atoms with Gasteiger partial charge in [-0.05, 0) is 45.7 Å². The molecule has 0 aromatic carbocycles. The van der Waals surface area contributed by atoms with Gasteiger partial charge in [-0.3, -0.25) is 0 Å². The molecule has 4 heteroatoms. The van der Waals surface area contributed by atoms with Crippen molar-refractivity contribution >= 4 is 5.90 Å². The minimum absolute atomic E-state index is 0.0140. The lowest BCUT2D eigenvalue weighted by Gasteiger charge is -2.31. The van der Waals surface area contributed by atoms with Crippen molar-refractivity contribution in [2.24, 2.45) is 4.99 Å². The van der Waals surface area contributed by atoms with Gasteiger partial charge in [0.15, 0.2) is 5.90 Å². The Hall–Kier alpha value is -1.29. The first-order chi connectivity index (χ1) is 10.5. The van der Waals surface area contributed by atoms with E-state index in [0.29, 0.717) is 5.76 Å². The third kappa shape index (κ3) is 5.48. The van der Waals surface area contributed by atoms with Crippen LogP contribution < -0.4 is 0 Å². The Balaban J connectivity index is 1.59. The molecule has 1 aliphatic heterocycles. The van der Waals surface area contributed by atoms with Crippen LogP contribution in [-0.4, -0.2) is 22.6 Å². The predicted molar refractivity (Wildman–Crippen MR) is 88.0 cm³/mol. The van der Waals surface area contributed by atoms with Gasteiger partial charge in [0.2, 0.25) is 0 Å². The van der Waals surface area contributed by atoms with Gasteiger partial charge in [-0.25, -0.2) is 4.99 Å². The second-order valence-electron chi connectivity index (χ2n) is 6.93. The van der Waals surface area contributed by atoms with E-state index in [2.05, 4.69) is 25.8 Å². The summed E-state index contributed by atoms with van der Waals surface area (Å²) < 4.78 is 11.0. The van der Waals surface area contributed by atoms with Crippen molar-refractivity contribution in [3.63, 3.8) is 0 Å². The molecular weight excluding hydrogens is 278 g/mol. The maximum atomic E-state index is 9.92. The topological polar surface area (TPSA) is 55.0 Å². The zero-order valence-corrected chi connectivity index (χ0v) is 14.0. The molecular formula is C18H29NO3. The molecule has 1 N–H and O–H groups in total. The van der Waals surface area contributed by atoms with Crippen LogP contribution in [0.3, 0.4) is 0 Å². The second kappa shape index (κ2) is 7.82. The summed E-state index contributed by atoms with van der Waals surface area (Å²) in [7, 11) is 0. The summed E-state index contributed by atoms with van der Waals surface area (Å²) in [4.78, 5) is 4.69. The molecule has 2 rings (SSSR count). The first kappa shape index (κ1) is 17.1. The molecule has 1 aromatic rings. The third-order valence-electron chi connectivity index (χ3n) is 4.04. The van der Waals surface area contributed by atoms with Gasteiger partial charge in [0.25, 0.3) is 0 Å². The standard InChI is InChI=1S/C18H29NO3/c1-14-13-18(2,3)19-17(22-14)11-7-5-4-6-9-15(20)16-10-8-12-21-16/h8,10,12,14-15,20H,4-7,9,11,13H2,1-3H3. The molecule has 0 bridgehead atoms. The summed E-state index contributed by atoms with van der Waals surface area (Å²) in [6.07, 6.45) is 8.44. The van der Waals surface area contributed by atoms with Gasteiger partial charge in [-0.2, -0.15) is 0 Å². The van der Waals surface area contributed by atoms with Gasteiger partial charge in [0.1, 0.15) is 11.9 Å². The Morgan fingerprint density at radius 3 is 2.77 bits per heavy atom. The number of hydrogen-bond acceptors (Lipinski definition) is 4. The number of aliphatic hydroxyl groups excluding tert-OH is 1. The Morgan fingerprint density at radius 2 is 2.09 bits per heavy atom. The Labute approximate surface area is 133 Å². The molecule has 0 amide bonds. The number of furan rings is 1. The fraction of sp³-hybridized carbons (Fsp3) is 0.722. The summed E-state index contributed by atoms with van der Waals surface area (Å²) >= 11 is 0. The van der Waals surface area contributed by atoms with Crippen molar-refractivity contribution in [3.8, 4) is 0 Å². The molecule has 0 saturated carbocycles. The molecule has 1 aliphatic rings. The summed E-state index contributed by atoms with van der Waals surface area (Å²) in [5.74, 6) is 1.58. The number of nitrogens with zero attached hydrogens (tertiary/aromatic N) is 1. The molecule has 22 heavy (non-hydrogen) atoms. The smallest absolute Gasteiger partial charge is 0.183 e. The number of rotatable bonds is 8. The molecule has 2 unspecified atom stereocenters. The number of ether oxygens (including phenoxy) is 1. The predicted octanol–water partition coefficient (Wildman–Crippen LogP) is 4.64. The molecule has 124 valence electrons. The Morgan fingerprint density at radius 1 is 1.32 bits per heavy atom. The average Bonchev–Trinajstić information content (AvgIpc) is 2.94. The number of aliphatic imine (C=N–C) groups is 1. The van der Waals surface area contributed by atoms with Gasteiger partial charge >= 0.3 is 0 Å². The quantitative estimate of drug-likeness (QED) is 0.712. The van der Waals surface area contributed by atoms with Gasteiger partial charge in [-0.15, -0.1) is 0 Å². The molecule has 0 spiro atoms. The monoisotopic (exact) mass is 307 g/mol. The summed E-state index contributed by atoms with van der Waals surface area (Å²) in [6.45, 7) is 6.45. The zero-order valence-electron chi connectivity index (χ0n) is 14.0. The van der Waals surface area contributed by atoms with Gasteiger partial charge in [0, 0.05) is 12.8 Å². The fourth-order valence-electron chi connectivity index (χ4n) is 3.09. The summed E-state index contributed by atoms with van der Waals surface area (Å²) in [5, 5.41) is 9.92. The van der Waals surface area contributed by atoms with E-state index in [4.69, 9.17) is 9.15 Å². The molecule has 0 saturated heterocycles. The van der Waals surface area contributed by atoms with E-state index >= 15 is 0 Å². The summed E-state index contributed by atoms with van der Waals surface area (Å²) in [6, 6.07) is 3.64. The minimum atomic E-state index is -0.470. The molecule has 1 aromatic heterocycles. The average molecular weight is 307 g/mol. The highest BCUT2D eigenvalue weighted by molar-refractivity contribution is 5.77. The molecule has 2 atom stereocenters. The zero-order chi connectivity index (χ0) is 16.0. The first-order valence-electron chi connectivity index (χ1n) is 8.43. The molecule has 0 aliphatic carbocycles. The summed E-state index contributed by atoms with van der Waals surface area (Å²) in [5.41, 5.74) is 0.0140. The molecule has 2 heterocycles. The molecule has 0 radical (unpaired) electrons. The van der Waals surface area contributed by atoms with E-state index in [1.54, 1.807) is 6.26 Å². The van der Waals surface area contributed by atoms with E-state index in [9.17, 15) is 5.11 Å². The number of unbranched alkanes of at least 4 members (excludes halogenated alkanes) is 3. The van der Waals surface area contributed by atoms with Crippen LogP contribution >= 0.6 is 0 Å². The van der Waals surface area contributed by atoms with Crippen molar-refractivity contribution in [3.05, 3.63) is 24.2 Å². The van der Waals surface area contributed by atoms with Crippen LogP contribution in [0.15, 0.2) is 27.8 Å². The fourth-order valence-corrected chi connectivity index (χ4v) is 3.09. The van der Waals surface area contributed by atoms with Gasteiger partial charge < -0.3 is 14.3 Å². The lowest BCUT2D eigenvalue weighted by atomic mass is 9.96. The van der Waals surface area contributed by atoms with Crippen LogP contribution in [0.2, 0.25) is 0 Å². The van der Waals surface area contributed by atoms with Crippen LogP contribution in [0.5, 0.6) is 0 Å². The second-order valence-corrected chi connectivity index (χ2v) is 6.93. The van der Waals surface area contributed by atoms with Crippen molar-refractivity contribution < 1.29 is 14.3 Å². The van der Waals surface area contributed by atoms with Crippen LogP contribution in [0.1, 0.15) is 77.6 Å². The highest BCUT2D eigenvalue weighted by atomic mass is 16.5. The molecule has 0 fully saturated rings. The van der Waals surface area contributed by atoms with E-state index in [1.165, 1.54) is 0 Å². The van der Waals surface area contributed by atoms with Crippen LogP contribution in [0, 0.1) is 0 Å². The van der Waals surface area contributed by atoms with Crippen LogP contribution in [-0.2, 0) is 4.74 Å². The Bertz CT molecular complexity index is 465. The van der Waals surface area contributed by atoms with E-state index in [0.717, 1.165) is 50.8 Å². The van der Waals surface area contributed by atoms with Crippen molar-refractivity contribution in [2.45, 2.75) is 83.5 Å². The van der Waals surface area contributed by atoms with Gasteiger partial charge in [0.05, 0.1) is 17.9 Å². The minimum Gasteiger partial charge on any atom is -0.478 e. The SMILES string of the molecule is CC1CC(C)(C)N=C(CCCCCCC(O)c2ccco2)O1. The van der Waals surface area contributed by atoms with Crippen molar-refractivity contribution in [1.82, 2.24) is 0 Å². The van der Waals surface area contributed by atoms with E-state index < -0.39 is 6.10 Å². The lowest BCUT2D eigenvalue weighted by molar-refractivity contribution is 0.135. The van der Waals surface area contributed by atoms with Crippen LogP contribution in [0.25, 0.3) is 0 Å². The Kier molecular flexibility index (Phi) is 6.07. The first-order valence-corrected chi connectivity index (χ1v) is 8.43. The number of aliphatic hydroxyl groups is 1. The van der Waals surface area contributed by atoms with E-state index in [-0.39, 0.29) is 11.6 Å². The lowest BCUT2D eigenvalue weighted by Crippen LogP contribution is -2.33. The van der Waals surface area contributed by atoms with Crippen LogP contribution in [0.4, 0.5) is 0 Å². The maximum Gasteiger partial charge on any atom is 0.183 e. The molecule has 4 nitrogen and oxygen atoms in total. The van der Waals surface area contributed by atoms with Gasteiger partial charge in [-0.1, -0.05) is 19.3 Å². The van der Waals surface area contributed by atoms with E-state index in [1.807, 2.05) is 12.1 Å². The third-order valence-corrected chi connectivity index (χ3v) is 4.04. The number of hydrogen-bond donors (Lipinski definition) is 1. The highest BCUT2D eigenvalue weighted by Gasteiger charge is 2.27. The maximum absolute atomic E-state index is 9.92. The highest BCUT2D eigenvalue weighted by Crippen LogP contribution is 2.25. The van der Waals surface area contributed by atoms with Crippen molar-refractivity contribution in [2.75, 3.05) is 0 Å². The largest absolute Gasteiger partial charge is 0.478 e. The van der Waals surface area contributed by atoms with Crippen molar-refractivity contribution in [1.29, 1.82) is 0 Å².